The molecule has 0 aliphatic heterocycles. The summed E-state index contributed by atoms with van der Waals surface area (Å²) in [6.07, 6.45) is 1.02. The van der Waals surface area contributed by atoms with E-state index in [1.54, 1.807) is 0 Å². The lowest BCUT2D eigenvalue weighted by Gasteiger charge is -2.20. The first-order valence-electron chi connectivity index (χ1n) is 6.10. The predicted octanol–water partition coefficient (Wildman–Crippen LogP) is 3.44. The molecule has 0 bridgehead atoms. The minimum atomic E-state index is 0. The van der Waals surface area contributed by atoms with Gasteiger partial charge in [-0.05, 0) is 31.9 Å². The van der Waals surface area contributed by atoms with Crippen molar-refractivity contribution in [2.75, 3.05) is 31.6 Å². The molecule has 4 heteroatoms. The molecule has 1 aromatic carbocycles. The van der Waals surface area contributed by atoms with Gasteiger partial charge in [-0.2, -0.15) is 0 Å². The van der Waals surface area contributed by atoms with Gasteiger partial charge in [0.25, 0.3) is 0 Å². The number of hydrogen-bond donors (Lipinski definition) is 0. The first kappa shape index (κ1) is 16.7. The van der Waals surface area contributed by atoms with Gasteiger partial charge in [-0.15, -0.1) is 12.4 Å². The van der Waals surface area contributed by atoms with Gasteiger partial charge >= 0.3 is 0 Å². The van der Waals surface area contributed by atoms with Gasteiger partial charge in [0.2, 0.25) is 0 Å². The van der Waals surface area contributed by atoms with Gasteiger partial charge in [0.15, 0.2) is 0 Å². The van der Waals surface area contributed by atoms with Crippen molar-refractivity contribution >= 4 is 24.1 Å². The van der Waals surface area contributed by atoms with E-state index in [9.17, 15) is 0 Å². The minimum absolute atomic E-state index is 0. The third kappa shape index (κ3) is 5.85. The maximum Gasteiger partial charge on any atom is 0.0892 e. The lowest BCUT2D eigenvalue weighted by Crippen LogP contribution is -2.19. The molecule has 0 radical (unpaired) electrons. The van der Waals surface area contributed by atoms with E-state index in [-0.39, 0.29) is 12.4 Å². The SMILES string of the molecule is CCN=C=NCCCN(C)c1ccccc1C.Cl. The van der Waals surface area contributed by atoms with Crippen LogP contribution in [0.1, 0.15) is 18.9 Å². The molecule has 0 atom stereocenters. The first-order valence-corrected chi connectivity index (χ1v) is 6.10. The fraction of sp³-hybridized carbons (Fsp3) is 0.500. The summed E-state index contributed by atoms with van der Waals surface area (Å²) in [7, 11) is 2.12. The van der Waals surface area contributed by atoms with Crippen molar-refractivity contribution in [2.24, 2.45) is 9.98 Å². The van der Waals surface area contributed by atoms with Gasteiger partial charge in [-0.25, -0.2) is 9.98 Å². The van der Waals surface area contributed by atoms with Crippen molar-refractivity contribution in [3.8, 4) is 0 Å². The zero-order valence-electron chi connectivity index (χ0n) is 11.4. The number of aliphatic imine (C=N–C) groups is 2. The number of rotatable bonds is 6. The van der Waals surface area contributed by atoms with Crippen LogP contribution in [0.25, 0.3) is 0 Å². The Kier molecular flexibility index (Phi) is 8.99. The molecule has 0 spiro atoms. The molecule has 1 rings (SSSR count). The van der Waals surface area contributed by atoms with Gasteiger partial charge in [0, 0.05) is 25.8 Å². The lowest BCUT2D eigenvalue weighted by atomic mass is 10.2. The molecule has 0 heterocycles. The van der Waals surface area contributed by atoms with Crippen LogP contribution in [0.5, 0.6) is 0 Å². The Morgan fingerprint density at radius 1 is 1.22 bits per heavy atom. The zero-order valence-corrected chi connectivity index (χ0v) is 12.2. The number of anilines is 1. The van der Waals surface area contributed by atoms with Crippen LogP contribution in [-0.4, -0.2) is 32.7 Å². The molecular weight excluding hydrogens is 246 g/mol. The summed E-state index contributed by atoms with van der Waals surface area (Å²) in [6.45, 7) is 6.67. The van der Waals surface area contributed by atoms with Crippen LogP contribution in [0.2, 0.25) is 0 Å². The van der Waals surface area contributed by atoms with Gasteiger partial charge in [0.05, 0.1) is 12.6 Å². The van der Waals surface area contributed by atoms with E-state index in [2.05, 4.69) is 59.1 Å². The molecule has 18 heavy (non-hydrogen) atoms. The number of benzene rings is 1. The van der Waals surface area contributed by atoms with Crippen LogP contribution >= 0.6 is 12.4 Å². The van der Waals surface area contributed by atoms with Gasteiger partial charge < -0.3 is 4.90 Å². The van der Waals surface area contributed by atoms with Crippen molar-refractivity contribution in [3.63, 3.8) is 0 Å². The molecule has 0 aliphatic carbocycles. The third-order valence-electron chi connectivity index (χ3n) is 2.59. The molecule has 0 unspecified atom stereocenters. The molecule has 0 fully saturated rings. The van der Waals surface area contributed by atoms with Crippen molar-refractivity contribution in [1.29, 1.82) is 0 Å². The van der Waals surface area contributed by atoms with Gasteiger partial charge in [-0.3, -0.25) is 0 Å². The van der Waals surface area contributed by atoms with E-state index in [1.807, 2.05) is 6.92 Å². The van der Waals surface area contributed by atoms with Gasteiger partial charge in [0.1, 0.15) is 0 Å². The predicted molar refractivity (Wildman–Crippen MR) is 81.6 cm³/mol. The second kappa shape index (κ2) is 9.69. The Labute approximate surface area is 116 Å². The van der Waals surface area contributed by atoms with Crippen LogP contribution in [0.3, 0.4) is 0 Å². The maximum atomic E-state index is 4.11. The van der Waals surface area contributed by atoms with E-state index in [0.29, 0.717) is 0 Å². The molecule has 3 nitrogen and oxygen atoms in total. The Hall–Kier alpha value is -1.31. The summed E-state index contributed by atoms with van der Waals surface area (Å²) < 4.78 is 0. The van der Waals surface area contributed by atoms with E-state index < -0.39 is 0 Å². The molecular formula is C14H22ClN3. The lowest BCUT2D eigenvalue weighted by molar-refractivity contribution is 0.796. The standard InChI is InChI=1S/C14H21N3.ClH/c1-4-15-12-16-10-7-11-17(3)14-9-6-5-8-13(14)2;/h5-6,8-9H,4,7,10-11H2,1-3H3;1H. The monoisotopic (exact) mass is 267 g/mol. The molecule has 1 aromatic rings. The second-order valence-electron chi connectivity index (χ2n) is 4.02. The molecule has 0 amide bonds. The molecule has 0 N–H and O–H groups in total. The summed E-state index contributed by atoms with van der Waals surface area (Å²) in [5, 5.41) is 0. The van der Waals surface area contributed by atoms with Crippen molar-refractivity contribution in [2.45, 2.75) is 20.3 Å². The van der Waals surface area contributed by atoms with Crippen LogP contribution < -0.4 is 4.90 Å². The summed E-state index contributed by atoms with van der Waals surface area (Å²) in [6, 6.07) is 11.1. The zero-order chi connectivity index (χ0) is 12.5. The van der Waals surface area contributed by atoms with Crippen LogP contribution in [0.4, 0.5) is 5.69 Å². The molecule has 0 aromatic heterocycles. The van der Waals surface area contributed by atoms with E-state index in [0.717, 1.165) is 26.1 Å². The highest BCUT2D eigenvalue weighted by Crippen LogP contribution is 2.17. The number of nitrogens with zero attached hydrogens (tertiary/aromatic N) is 3. The fourth-order valence-corrected chi connectivity index (χ4v) is 1.67. The largest absolute Gasteiger partial charge is 0.374 e. The highest BCUT2D eigenvalue weighted by atomic mass is 35.5. The quantitative estimate of drug-likeness (QED) is 0.573. The molecule has 0 saturated carbocycles. The van der Waals surface area contributed by atoms with Crippen molar-refractivity contribution in [3.05, 3.63) is 29.8 Å². The maximum absolute atomic E-state index is 4.11. The van der Waals surface area contributed by atoms with Crippen LogP contribution in [0, 0.1) is 6.92 Å². The highest BCUT2D eigenvalue weighted by Gasteiger charge is 2.02. The topological polar surface area (TPSA) is 28.0 Å². The van der Waals surface area contributed by atoms with Crippen molar-refractivity contribution in [1.82, 2.24) is 0 Å². The van der Waals surface area contributed by atoms with Crippen LogP contribution in [-0.2, 0) is 0 Å². The normalized spacial score (nSPS) is 9.06. The molecule has 0 aliphatic rings. The average molecular weight is 268 g/mol. The number of hydrogen-bond acceptors (Lipinski definition) is 3. The summed E-state index contributed by atoms with van der Waals surface area (Å²) >= 11 is 0. The van der Waals surface area contributed by atoms with E-state index in [1.165, 1.54) is 11.3 Å². The Balaban J connectivity index is 0.00000289. The molecule has 100 valence electrons. The third-order valence-corrected chi connectivity index (χ3v) is 2.59. The first-order chi connectivity index (χ1) is 8.25. The number of aryl methyl sites for hydroxylation is 1. The Morgan fingerprint density at radius 2 is 1.94 bits per heavy atom. The van der Waals surface area contributed by atoms with Gasteiger partial charge in [-0.1, -0.05) is 18.2 Å². The summed E-state index contributed by atoms with van der Waals surface area (Å²) in [5.41, 5.74) is 2.60. The smallest absolute Gasteiger partial charge is 0.0892 e. The Morgan fingerprint density at radius 3 is 2.61 bits per heavy atom. The Bertz CT molecular complexity index is 398. The van der Waals surface area contributed by atoms with Crippen molar-refractivity contribution < 1.29 is 0 Å². The minimum Gasteiger partial charge on any atom is -0.374 e. The summed E-state index contributed by atoms with van der Waals surface area (Å²) in [5.74, 6) is 0. The molecule has 0 saturated heterocycles. The number of halogens is 1. The second-order valence-corrected chi connectivity index (χ2v) is 4.02. The van der Waals surface area contributed by atoms with E-state index >= 15 is 0 Å². The fourth-order valence-electron chi connectivity index (χ4n) is 1.67. The highest BCUT2D eigenvalue weighted by molar-refractivity contribution is 5.85. The summed E-state index contributed by atoms with van der Waals surface area (Å²) in [4.78, 5) is 10.3. The van der Waals surface area contributed by atoms with Crippen LogP contribution in [0.15, 0.2) is 34.3 Å². The number of para-hydroxylation sites is 1. The van der Waals surface area contributed by atoms with E-state index in [4.69, 9.17) is 0 Å². The average Bonchev–Trinajstić information content (AvgIpc) is 2.34.